The van der Waals surface area contributed by atoms with Gasteiger partial charge in [0.15, 0.2) is 86.8 Å². The molecule has 14 bridgehead atoms. The summed E-state index contributed by atoms with van der Waals surface area (Å²) in [5, 5.41) is 173. The number of aryl methyl sites for hydroxylation is 7. The molecule has 14 N–H and O–H groups in total. The van der Waals surface area contributed by atoms with Gasteiger partial charge in [0.1, 0.15) is 128 Å². The van der Waals surface area contributed by atoms with Gasteiger partial charge < -0.3 is 138 Å². The van der Waals surface area contributed by atoms with E-state index in [9.17, 15) is 130 Å². The van der Waals surface area contributed by atoms with Crippen LogP contribution in [0.15, 0.2) is 204 Å². The van der Waals surface area contributed by atoms with E-state index in [4.69, 9.17) is 95.6 Å². The van der Waals surface area contributed by atoms with E-state index in [1.54, 1.807) is 48.5 Å². The van der Waals surface area contributed by atoms with E-state index in [0.717, 1.165) is 84.9 Å². The number of rotatable bonds is 28. The largest absolute Gasteiger partial charge is 0.394 e. The highest BCUT2D eigenvalue weighted by Gasteiger charge is 2.64. The Hall–Kier alpha value is -7.21. The molecule has 7 aromatic carbocycles. The number of ether oxygens (including phenoxy) is 14. The van der Waals surface area contributed by atoms with Gasteiger partial charge in [0.2, 0.25) is 0 Å². The van der Waals surface area contributed by atoms with Crippen molar-refractivity contribution >= 4 is 70.8 Å². The fourth-order valence-corrected chi connectivity index (χ4v) is 24.9. The fraction of sp³-hybridized carbons (Fsp3) is 0.538. The lowest BCUT2D eigenvalue weighted by Crippen LogP contribution is -2.69. The van der Waals surface area contributed by atoms with Crippen molar-refractivity contribution in [3.8, 4) is 0 Å². The Kier molecular flexibility index (Phi) is 36.1. The number of benzene rings is 7. The predicted molar refractivity (Wildman–Crippen MR) is 489 cm³/mol. The second-order valence-corrected chi connectivity index (χ2v) is 47.0. The first-order valence-corrected chi connectivity index (χ1v) is 55.5. The third-order valence-corrected chi connectivity index (χ3v) is 34.7. The van der Waals surface area contributed by atoms with Crippen LogP contribution >= 0.6 is 0 Å². The maximum absolute atomic E-state index is 14.9. The summed E-state index contributed by atoms with van der Waals surface area (Å²) >= 11 is 0. The Bertz CT molecular complexity index is 5380. The van der Waals surface area contributed by atoms with Gasteiger partial charge in [0, 0.05) is 0 Å². The molecule has 147 heavy (non-hydrogen) atoms. The average Bonchev–Trinajstić information content (AvgIpc) is 0.831. The summed E-state index contributed by atoms with van der Waals surface area (Å²) in [5.74, 6) is 0. The van der Waals surface area contributed by atoms with E-state index in [1.807, 2.05) is 0 Å². The van der Waals surface area contributed by atoms with Gasteiger partial charge in [-0.3, -0.25) is 29.3 Å². The van der Waals surface area contributed by atoms with Crippen LogP contribution in [0.1, 0.15) is 38.9 Å². The Morgan fingerprint density at radius 1 is 0.177 bits per heavy atom. The summed E-state index contributed by atoms with van der Waals surface area (Å²) in [6.45, 7) is 0.601. The molecule has 0 amide bonds. The molecule has 21 aliphatic heterocycles. The molecule has 35 unspecified atom stereocenters. The second-order valence-electron chi connectivity index (χ2n) is 36.0. The molecule has 21 saturated heterocycles. The van der Waals surface area contributed by atoms with Gasteiger partial charge in [-0.15, -0.1) is 0 Å². The molecule has 0 saturated carbocycles. The molecule has 7 aromatic rings. The zero-order valence-electron chi connectivity index (χ0n) is 78.7. The normalized spacial score (nSPS) is 35.3. The summed E-state index contributed by atoms with van der Waals surface area (Å²) in [5.41, 5.74) is 3.24. The third-order valence-electron chi connectivity index (χ3n) is 25.4. The Morgan fingerprint density at radius 2 is 0.272 bits per heavy atom. The van der Waals surface area contributed by atoms with Crippen molar-refractivity contribution in [1.29, 1.82) is 0 Å². The molecular weight excluding hydrogens is 2100 g/mol. The van der Waals surface area contributed by atoms with Crippen LogP contribution in [0.4, 0.5) is 0 Å². The maximum atomic E-state index is 14.9. The van der Waals surface area contributed by atoms with Gasteiger partial charge >= 0.3 is 0 Å². The van der Waals surface area contributed by atoms with E-state index in [0.29, 0.717) is 38.9 Å². The van der Waals surface area contributed by atoms with Crippen LogP contribution in [0.5, 0.6) is 0 Å². The van der Waals surface area contributed by atoms with Crippen molar-refractivity contribution in [3.05, 3.63) is 209 Å². The van der Waals surface area contributed by atoms with E-state index in [-0.39, 0.29) is 0 Å². The van der Waals surface area contributed by atoms with E-state index in [2.05, 4.69) is 0 Å². The molecule has 21 fully saturated rings. The molecular formula is C91H112O49S7. The SMILES string of the molecule is Cc1ccc(S(=O)(=O)OC2C3OC(CO)C(OC4OC(CO)C(OC5OC(CO)C(OC6OC(CO)C(OC7OC(CO)C(OC8OC(CO)C(OC9OC(CO)C(O3)C(O)C9OS(=O)(=O)c3ccc(C)cc3)C(O)C8OS(=O)(=O)c3ccc(C)cc3)C(O)C7OS(=O)(=O)c3ccc(C)cc3)C(O)C6OS(=O)(=O)c3ccc(C)cc3)C(O)C5OS(=O)(=O)c3ccc(C)cc3)C(O)C4OS(=O)(=O)c3ccc(C)cc3)C2O)cc1. The molecule has 812 valence electrons. The number of hydrogen-bond acceptors (Lipinski definition) is 49. The highest BCUT2D eigenvalue weighted by molar-refractivity contribution is 7.88. The van der Waals surface area contributed by atoms with Crippen LogP contribution in [0.2, 0.25) is 0 Å². The maximum Gasteiger partial charge on any atom is 0.297 e. The standard InChI is InChI=1S/C91H112O49S7/c1-43-8-22-50(23-9-43)141(106,107)134-78-64(99)71-57(36-92)120-85(78)127-72-58(37-93)121-87(79(65(72)100)135-142(108,109)51-24-10-44(2)11-25-51)129-74-60(39-95)123-89(81(67(74)102)137-144(112,113)53-28-14-46(4)15-29-53)131-76-62(41-97)125-91(83(69(76)104)139-146(116,117)55-32-18-48(6)19-33-55)133-77-63(42-98)126-90(84(70(77)105)140-147(118,119)56-34-20-49(7)21-35-56)132-75-61(40-96)124-88(82(68(75)103)138-145(114,115)54-30-16-47(5)17-31-54)130-73-59(38-94)122-86(128-71)80(66(73)101)136-143(110,111)52-26-12-45(3)13-27-52/h8-35,57-105H,36-42H2,1-7H3. The third kappa shape index (κ3) is 25.1. The Morgan fingerprint density at radius 3 is 0.361 bits per heavy atom. The van der Waals surface area contributed by atoms with E-state index < -0.39 is 366 Å². The van der Waals surface area contributed by atoms with Gasteiger partial charge in [-0.25, -0.2) is 0 Å². The fourth-order valence-electron chi connectivity index (χ4n) is 17.4. The van der Waals surface area contributed by atoms with E-state index >= 15 is 0 Å². The number of aliphatic hydroxyl groups excluding tert-OH is 14. The summed E-state index contributed by atoms with van der Waals surface area (Å²) in [6, 6.07) is 32.3. The van der Waals surface area contributed by atoms with Crippen LogP contribution in [0.3, 0.4) is 0 Å². The lowest BCUT2D eigenvalue weighted by atomic mass is 9.95. The van der Waals surface area contributed by atoms with Crippen molar-refractivity contribution in [2.24, 2.45) is 0 Å². The zero-order valence-corrected chi connectivity index (χ0v) is 84.4. The molecule has 21 aliphatic rings. The van der Waals surface area contributed by atoms with Gasteiger partial charge in [-0.2, -0.15) is 58.9 Å². The molecule has 35 atom stereocenters. The second kappa shape index (κ2) is 46.6. The van der Waals surface area contributed by atoms with Gasteiger partial charge in [0.05, 0.1) is 80.5 Å². The zero-order chi connectivity index (χ0) is 106. The van der Waals surface area contributed by atoms with Crippen molar-refractivity contribution in [2.75, 3.05) is 46.2 Å². The topological polar surface area (TPSA) is 716 Å². The molecule has 0 radical (unpaired) electrons. The highest BCUT2D eigenvalue weighted by atomic mass is 32.2. The Balaban J connectivity index is 0.908. The van der Waals surface area contributed by atoms with Crippen LogP contribution < -0.4 is 0 Å². The molecule has 28 rings (SSSR count). The first kappa shape index (κ1) is 114. The molecule has 49 nitrogen and oxygen atoms in total. The van der Waals surface area contributed by atoms with Crippen LogP contribution in [0.25, 0.3) is 0 Å². The first-order valence-electron chi connectivity index (χ1n) is 45.6. The lowest BCUT2D eigenvalue weighted by molar-refractivity contribution is -0.391. The van der Waals surface area contributed by atoms with Crippen LogP contribution in [-0.2, 0) is 166 Å². The molecule has 21 heterocycles. The van der Waals surface area contributed by atoms with Crippen LogP contribution in [0, 0.1) is 48.5 Å². The van der Waals surface area contributed by atoms with Crippen molar-refractivity contribution in [3.63, 3.8) is 0 Å². The quantitative estimate of drug-likeness (QED) is 0.0215. The highest BCUT2D eigenvalue weighted by Crippen LogP contribution is 2.45. The minimum Gasteiger partial charge on any atom is -0.394 e. The summed E-state index contributed by atoms with van der Waals surface area (Å²) in [4.78, 5) is -4.87. The van der Waals surface area contributed by atoms with Crippen molar-refractivity contribution < 1.29 is 226 Å². The minimum absolute atomic E-state index is 0.463. The van der Waals surface area contributed by atoms with Gasteiger partial charge in [0.25, 0.3) is 70.8 Å². The Labute approximate surface area is 844 Å². The minimum atomic E-state index is -5.43. The molecule has 0 spiro atoms. The summed E-state index contributed by atoms with van der Waals surface area (Å²) in [7, 11) is -38.0. The number of aliphatic hydroxyl groups is 14. The van der Waals surface area contributed by atoms with Gasteiger partial charge in [-0.05, 0) is 133 Å². The summed E-state index contributed by atoms with van der Waals surface area (Å²) in [6.07, 6.45) is -91.9. The van der Waals surface area contributed by atoms with Crippen molar-refractivity contribution in [1.82, 2.24) is 0 Å². The van der Waals surface area contributed by atoms with Gasteiger partial charge in [-0.1, -0.05) is 124 Å². The monoisotopic (exact) mass is 2210 g/mol. The average molecular weight is 2210 g/mol. The molecule has 56 heteroatoms. The predicted octanol–water partition coefficient (Wildman–Crippen LogP) is -3.18. The lowest BCUT2D eigenvalue weighted by Gasteiger charge is -2.51. The van der Waals surface area contributed by atoms with Crippen molar-refractivity contribution in [2.45, 2.75) is 298 Å². The smallest absolute Gasteiger partial charge is 0.297 e. The van der Waals surface area contributed by atoms with Crippen LogP contribution in [-0.4, -0.2) is 392 Å². The summed E-state index contributed by atoms with van der Waals surface area (Å²) < 4.78 is 338. The molecule has 0 aliphatic carbocycles. The molecule has 0 aromatic heterocycles. The number of hydrogen-bond donors (Lipinski definition) is 14. The first-order chi connectivity index (χ1) is 69.4. The van der Waals surface area contributed by atoms with E-state index in [1.165, 1.54) is 84.9 Å².